The second-order valence-electron chi connectivity index (χ2n) is 8.27. The van der Waals surface area contributed by atoms with Gasteiger partial charge in [0.1, 0.15) is 11.9 Å². The lowest BCUT2D eigenvalue weighted by atomic mass is 10.0. The van der Waals surface area contributed by atoms with Gasteiger partial charge < -0.3 is 10.1 Å². The summed E-state index contributed by atoms with van der Waals surface area (Å²) in [6, 6.07) is 3.72. The lowest BCUT2D eigenvalue weighted by Crippen LogP contribution is -2.25. The molecule has 2 aromatic heterocycles. The van der Waals surface area contributed by atoms with E-state index in [9.17, 15) is 9.18 Å². The van der Waals surface area contributed by atoms with Crippen LogP contribution >= 0.6 is 0 Å². The summed E-state index contributed by atoms with van der Waals surface area (Å²) < 4.78 is 24.1. The highest BCUT2D eigenvalue weighted by atomic mass is 19.1. The predicted molar refractivity (Wildman–Crippen MR) is 113 cm³/mol. The van der Waals surface area contributed by atoms with Crippen molar-refractivity contribution in [1.82, 2.24) is 24.9 Å². The van der Waals surface area contributed by atoms with Gasteiger partial charge in [-0.15, -0.1) is 0 Å². The van der Waals surface area contributed by atoms with E-state index < -0.39 is 5.95 Å². The van der Waals surface area contributed by atoms with Crippen molar-refractivity contribution in [3.05, 3.63) is 30.5 Å². The third-order valence-electron chi connectivity index (χ3n) is 5.92. The number of carbonyl (C=O) groups is 1. The SMILES string of the molecule is C.C[C@@H](Oc1cc(-c2cnn(CC3CC3)c2)cc2nn(C)c(F)c12)[C@H]1CNC(=O)C1. The summed E-state index contributed by atoms with van der Waals surface area (Å²) in [7, 11) is 1.58. The number of carbonyl (C=O) groups excluding carboxylic acids is 1. The Kier molecular flexibility index (Phi) is 5.26. The van der Waals surface area contributed by atoms with Crippen LogP contribution in [-0.2, 0) is 18.4 Å². The van der Waals surface area contributed by atoms with Crippen molar-refractivity contribution in [1.29, 1.82) is 0 Å². The van der Waals surface area contributed by atoms with E-state index in [0.29, 0.717) is 29.6 Å². The number of amides is 1. The molecule has 7 nitrogen and oxygen atoms in total. The van der Waals surface area contributed by atoms with Crippen LogP contribution in [0.4, 0.5) is 4.39 Å². The third-order valence-corrected chi connectivity index (χ3v) is 5.92. The molecule has 0 bridgehead atoms. The van der Waals surface area contributed by atoms with Gasteiger partial charge in [-0.05, 0) is 43.4 Å². The van der Waals surface area contributed by atoms with Crippen molar-refractivity contribution < 1.29 is 13.9 Å². The highest BCUT2D eigenvalue weighted by molar-refractivity contribution is 5.90. The van der Waals surface area contributed by atoms with Crippen LogP contribution in [0.5, 0.6) is 5.75 Å². The van der Waals surface area contributed by atoms with Crippen molar-refractivity contribution in [2.45, 2.75) is 46.3 Å². The molecule has 1 saturated carbocycles. The Morgan fingerprint density at radius 1 is 1.33 bits per heavy atom. The number of hydrogen-bond donors (Lipinski definition) is 1. The second kappa shape index (κ2) is 7.74. The molecular weight excluding hydrogens is 385 g/mol. The Labute approximate surface area is 175 Å². The molecule has 2 atom stereocenters. The van der Waals surface area contributed by atoms with Gasteiger partial charge in [0.2, 0.25) is 11.9 Å². The number of aromatic nitrogens is 4. The first-order valence-electron chi connectivity index (χ1n) is 10.1. The maximum atomic E-state index is 14.7. The Bertz CT molecular complexity index is 1080. The number of halogens is 1. The Morgan fingerprint density at radius 2 is 2.13 bits per heavy atom. The van der Waals surface area contributed by atoms with Crippen LogP contribution in [0.2, 0.25) is 0 Å². The van der Waals surface area contributed by atoms with Gasteiger partial charge in [-0.1, -0.05) is 7.43 Å². The van der Waals surface area contributed by atoms with Crippen molar-refractivity contribution in [2.75, 3.05) is 6.54 Å². The molecule has 0 spiro atoms. The normalized spacial score (nSPS) is 19.6. The van der Waals surface area contributed by atoms with Crippen molar-refractivity contribution in [3.8, 4) is 16.9 Å². The van der Waals surface area contributed by atoms with E-state index in [1.807, 2.05) is 36.1 Å². The maximum absolute atomic E-state index is 14.7. The molecule has 1 saturated heterocycles. The minimum atomic E-state index is -0.432. The molecule has 1 aromatic carbocycles. The Balaban J connectivity index is 0.00000218. The van der Waals surface area contributed by atoms with E-state index in [0.717, 1.165) is 23.6 Å². The summed E-state index contributed by atoms with van der Waals surface area (Å²) in [5, 5.41) is 12.0. The zero-order chi connectivity index (χ0) is 20.1. The molecule has 5 rings (SSSR count). The smallest absolute Gasteiger partial charge is 0.222 e. The molecule has 3 heterocycles. The fourth-order valence-electron chi connectivity index (χ4n) is 3.95. The Morgan fingerprint density at radius 3 is 2.83 bits per heavy atom. The molecule has 1 aliphatic heterocycles. The summed E-state index contributed by atoms with van der Waals surface area (Å²) in [5.74, 6) is 0.837. The van der Waals surface area contributed by atoms with Crippen LogP contribution in [0.3, 0.4) is 0 Å². The molecule has 2 aliphatic rings. The van der Waals surface area contributed by atoms with E-state index >= 15 is 0 Å². The van der Waals surface area contributed by atoms with Gasteiger partial charge in [-0.3, -0.25) is 9.48 Å². The van der Waals surface area contributed by atoms with Gasteiger partial charge in [0.25, 0.3) is 0 Å². The number of nitrogens with zero attached hydrogens (tertiary/aromatic N) is 4. The number of nitrogens with one attached hydrogen (secondary N) is 1. The fraction of sp³-hybridized carbons (Fsp3) is 0.500. The van der Waals surface area contributed by atoms with E-state index in [4.69, 9.17) is 4.74 Å². The molecule has 30 heavy (non-hydrogen) atoms. The van der Waals surface area contributed by atoms with Gasteiger partial charge in [-0.25, -0.2) is 4.68 Å². The summed E-state index contributed by atoms with van der Waals surface area (Å²) in [6.07, 6.45) is 6.57. The van der Waals surface area contributed by atoms with Gasteiger partial charge >= 0.3 is 0 Å². The van der Waals surface area contributed by atoms with Crippen molar-refractivity contribution in [3.63, 3.8) is 0 Å². The predicted octanol–water partition coefficient (Wildman–Crippen LogP) is 3.53. The lowest BCUT2D eigenvalue weighted by Gasteiger charge is -2.20. The quantitative estimate of drug-likeness (QED) is 0.671. The molecule has 1 N–H and O–H groups in total. The van der Waals surface area contributed by atoms with E-state index in [1.165, 1.54) is 17.5 Å². The first kappa shape index (κ1) is 20.4. The molecule has 8 heteroatoms. The zero-order valence-electron chi connectivity index (χ0n) is 16.6. The van der Waals surface area contributed by atoms with Crippen LogP contribution in [0.15, 0.2) is 24.5 Å². The molecule has 2 fully saturated rings. The third kappa shape index (κ3) is 3.78. The van der Waals surface area contributed by atoms with Gasteiger partial charge in [0.05, 0.1) is 17.1 Å². The number of aryl methyl sites for hydroxylation is 1. The largest absolute Gasteiger partial charge is 0.489 e. The standard InChI is InChI=1S/C21H24FN5O2.CH4/c1-12(15-7-19(28)23-8-15)29-18-6-14(5-17-20(18)21(22)26(2)25-17)16-9-24-27(11-16)10-13-3-4-13;/h5-6,9,11-13,15H,3-4,7-8,10H2,1-2H3,(H,23,28);1H4/t12-,15-;/m1./s1. The van der Waals surface area contributed by atoms with E-state index in [1.54, 1.807) is 7.05 Å². The number of benzene rings is 1. The molecule has 1 aliphatic carbocycles. The van der Waals surface area contributed by atoms with Crippen molar-refractivity contribution >= 4 is 16.8 Å². The highest BCUT2D eigenvalue weighted by Gasteiger charge is 2.29. The minimum Gasteiger partial charge on any atom is -0.489 e. The summed E-state index contributed by atoms with van der Waals surface area (Å²) in [4.78, 5) is 11.6. The fourth-order valence-corrected chi connectivity index (χ4v) is 3.95. The van der Waals surface area contributed by atoms with Gasteiger partial charge in [0, 0.05) is 44.2 Å². The summed E-state index contributed by atoms with van der Waals surface area (Å²) >= 11 is 0. The molecule has 0 unspecified atom stereocenters. The first-order valence-corrected chi connectivity index (χ1v) is 10.1. The van der Waals surface area contributed by atoms with Crippen LogP contribution < -0.4 is 10.1 Å². The van der Waals surface area contributed by atoms with E-state index in [2.05, 4.69) is 15.5 Å². The lowest BCUT2D eigenvalue weighted by molar-refractivity contribution is -0.119. The molecule has 3 aromatic rings. The minimum absolute atomic E-state index is 0. The van der Waals surface area contributed by atoms with Gasteiger partial charge in [0.15, 0.2) is 0 Å². The monoisotopic (exact) mass is 413 g/mol. The second-order valence-corrected chi connectivity index (χ2v) is 8.27. The number of hydrogen-bond acceptors (Lipinski definition) is 4. The van der Waals surface area contributed by atoms with Crippen molar-refractivity contribution in [2.24, 2.45) is 18.9 Å². The maximum Gasteiger partial charge on any atom is 0.222 e. The summed E-state index contributed by atoms with van der Waals surface area (Å²) in [5.41, 5.74) is 2.38. The number of ether oxygens (including phenoxy) is 1. The average molecular weight is 413 g/mol. The highest BCUT2D eigenvalue weighted by Crippen LogP contribution is 2.36. The van der Waals surface area contributed by atoms with Crippen LogP contribution in [0.25, 0.3) is 22.0 Å². The molecule has 160 valence electrons. The van der Waals surface area contributed by atoms with E-state index in [-0.39, 0.29) is 25.4 Å². The van der Waals surface area contributed by atoms with Crippen LogP contribution in [0, 0.1) is 17.8 Å². The number of rotatable bonds is 6. The topological polar surface area (TPSA) is 74.0 Å². The first-order chi connectivity index (χ1) is 14.0. The number of fused-ring (bicyclic) bond motifs is 1. The molecule has 1 amide bonds. The molecular formula is C22H28FN5O2. The Hall–Kier alpha value is -2.90. The van der Waals surface area contributed by atoms with Gasteiger partial charge in [-0.2, -0.15) is 14.6 Å². The van der Waals surface area contributed by atoms with Crippen LogP contribution in [-0.4, -0.2) is 38.1 Å². The average Bonchev–Trinajstić information content (AvgIpc) is 3.07. The summed E-state index contributed by atoms with van der Waals surface area (Å²) in [6.45, 7) is 3.43. The molecule has 0 radical (unpaired) electrons. The zero-order valence-corrected chi connectivity index (χ0v) is 16.6. The van der Waals surface area contributed by atoms with Crippen LogP contribution in [0.1, 0.15) is 33.6 Å².